The molecule has 1 saturated heterocycles. The van der Waals surface area contributed by atoms with Crippen LogP contribution in [-0.4, -0.2) is 34.7 Å². The van der Waals surface area contributed by atoms with Crippen molar-refractivity contribution in [3.8, 4) is 5.75 Å². The predicted molar refractivity (Wildman–Crippen MR) is 126 cm³/mol. The van der Waals surface area contributed by atoms with Crippen molar-refractivity contribution in [3.63, 3.8) is 0 Å². The van der Waals surface area contributed by atoms with E-state index in [1.54, 1.807) is 12.5 Å². The zero-order valence-corrected chi connectivity index (χ0v) is 19.7. The summed E-state index contributed by atoms with van der Waals surface area (Å²) in [5, 5.41) is 0.739. The third kappa shape index (κ3) is 5.91. The van der Waals surface area contributed by atoms with Crippen molar-refractivity contribution < 1.29 is 14.2 Å². The minimum atomic E-state index is -0.718. The first-order chi connectivity index (χ1) is 15.3. The highest BCUT2D eigenvalue weighted by atomic mass is 35.5. The quantitative estimate of drug-likeness (QED) is 0.440. The van der Waals surface area contributed by atoms with E-state index in [1.807, 2.05) is 47.2 Å². The molecular formula is C26H31ClN2O3. The Kier molecular flexibility index (Phi) is 6.89. The van der Waals surface area contributed by atoms with Crippen LogP contribution in [0.1, 0.15) is 38.3 Å². The Bertz CT molecular complexity index is 981. The topological polar surface area (TPSA) is 45.5 Å². The van der Waals surface area contributed by atoms with Gasteiger partial charge in [0, 0.05) is 23.8 Å². The molecule has 0 bridgehead atoms. The zero-order chi connectivity index (χ0) is 22.6. The average Bonchev–Trinajstić information content (AvgIpc) is 3.42. The van der Waals surface area contributed by atoms with Crippen LogP contribution in [0.25, 0.3) is 0 Å². The average molecular weight is 455 g/mol. The Morgan fingerprint density at radius 3 is 2.53 bits per heavy atom. The highest BCUT2D eigenvalue weighted by Gasteiger charge is 2.42. The van der Waals surface area contributed by atoms with Gasteiger partial charge in [0.15, 0.2) is 5.79 Å². The lowest BCUT2D eigenvalue weighted by atomic mass is 9.87. The second-order valence-corrected chi connectivity index (χ2v) is 9.84. The first-order valence-corrected chi connectivity index (χ1v) is 11.4. The number of benzene rings is 2. The Morgan fingerprint density at radius 1 is 1.12 bits per heavy atom. The molecule has 1 aromatic heterocycles. The van der Waals surface area contributed by atoms with E-state index in [4.69, 9.17) is 25.8 Å². The second-order valence-electron chi connectivity index (χ2n) is 9.41. The number of aryl methyl sites for hydroxylation is 1. The molecule has 0 radical (unpaired) electrons. The number of rotatable bonds is 8. The standard InChI is InChI=1S/C26H31ClN2O3/c1-25(2,3)21-6-10-23(11-7-21)30-16-24-17-31-26(32-24,18-29-15-14-28-19-29)13-12-20-4-8-22(27)9-5-20/h4-11,14-15,19,24H,12-13,16-18H2,1-3H3. The Labute approximate surface area is 195 Å². The minimum Gasteiger partial charge on any atom is -0.491 e. The molecule has 0 spiro atoms. The van der Waals surface area contributed by atoms with Crippen LogP contribution >= 0.6 is 11.6 Å². The van der Waals surface area contributed by atoms with Gasteiger partial charge in [-0.3, -0.25) is 0 Å². The second kappa shape index (κ2) is 9.65. The lowest BCUT2D eigenvalue weighted by molar-refractivity contribution is -0.184. The van der Waals surface area contributed by atoms with Gasteiger partial charge in [-0.05, 0) is 47.2 Å². The van der Waals surface area contributed by atoms with Crippen LogP contribution in [0.15, 0.2) is 67.3 Å². The van der Waals surface area contributed by atoms with Crippen LogP contribution in [0.2, 0.25) is 5.02 Å². The molecule has 0 saturated carbocycles. The molecule has 5 nitrogen and oxygen atoms in total. The molecule has 1 aliphatic rings. The summed E-state index contributed by atoms with van der Waals surface area (Å²) in [6.07, 6.45) is 6.90. The molecule has 4 rings (SSSR count). The van der Waals surface area contributed by atoms with E-state index in [0.717, 1.165) is 23.6 Å². The van der Waals surface area contributed by atoms with Crippen LogP contribution < -0.4 is 4.74 Å². The molecule has 0 aliphatic carbocycles. The highest BCUT2D eigenvalue weighted by molar-refractivity contribution is 6.30. The van der Waals surface area contributed by atoms with Gasteiger partial charge in [-0.15, -0.1) is 0 Å². The van der Waals surface area contributed by atoms with Crippen LogP contribution in [0, 0.1) is 0 Å². The summed E-state index contributed by atoms with van der Waals surface area (Å²) in [5.41, 5.74) is 2.61. The van der Waals surface area contributed by atoms with E-state index in [-0.39, 0.29) is 11.5 Å². The Morgan fingerprint density at radius 2 is 1.88 bits per heavy atom. The van der Waals surface area contributed by atoms with Crippen LogP contribution in [0.5, 0.6) is 5.75 Å². The molecular weight excluding hydrogens is 424 g/mol. The van der Waals surface area contributed by atoms with Gasteiger partial charge in [-0.1, -0.05) is 56.6 Å². The fourth-order valence-corrected chi connectivity index (χ4v) is 4.00. The molecule has 0 amide bonds. The Balaban J connectivity index is 1.38. The molecule has 32 heavy (non-hydrogen) atoms. The van der Waals surface area contributed by atoms with Crippen molar-refractivity contribution in [2.24, 2.45) is 0 Å². The number of hydrogen-bond acceptors (Lipinski definition) is 4. The number of ether oxygens (including phenoxy) is 3. The summed E-state index contributed by atoms with van der Waals surface area (Å²) < 4.78 is 20.7. The first-order valence-electron chi connectivity index (χ1n) is 11.1. The van der Waals surface area contributed by atoms with Gasteiger partial charge < -0.3 is 18.8 Å². The monoisotopic (exact) mass is 454 g/mol. The molecule has 2 heterocycles. The van der Waals surface area contributed by atoms with Gasteiger partial charge in [0.2, 0.25) is 0 Å². The zero-order valence-electron chi connectivity index (χ0n) is 19.0. The maximum Gasteiger partial charge on any atom is 0.187 e. The van der Waals surface area contributed by atoms with Crippen molar-refractivity contribution in [1.29, 1.82) is 0 Å². The lowest BCUT2D eigenvalue weighted by Gasteiger charge is -2.28. The lowest BCUT2D eigenvalue weighted by Crippen LogP contribution is -2.37. The van der Waals surface area contributed by atoms with E-state index in [0.29, 0.717) is 19.8 Å². The molecule has 170 valence electrons. The molecule has 1 fully saturated rings. The third-order valence-electron chi connectivity index (χ3n) is 5.76. The molecule has 1 aliphatic heterocycles. The van der Waals surface area contributed by atoms with Gasteiger partial charge >= 0.3 is 0 Å². The number of hydrogen-bond donors (Lipinski definition) is 0. The van der Waals surface area contributed by atoms with Crippen molar-refractivity contribution in [2.45, 2.75) is 57.5 Å². The number of imidazole rings is 1. The molecule has 3 aromatic rings. The van der Waals surface area contributed by atoms with Gasteiger partial charge in [0.05, 0.1) is 19.5 Å². The van der Waals surface area contributed by atoms with E-state index >= 15 is 0 Å². The smallest absolute Gasteiger partial charge is 0.187 e. The normalized spacial score (nSPS) is 21.1. The van der Waals surface area contributed by atoms with Gasteiger partial charge in [-0.25, -0.2) is 4.98 Å². The third-order valence-corrected chi connectivity index (χ3v) is 6.01. The summed E-state index contributed by atoms with van der Waals surface area (Å²) in [6, 6.07) is 16.2. The van der Waals surface area contributed by atoms with Gasteiger partial charge in [0.25, 0.3) is 0 Å². The van der Waals surface area contributed by atoms with E-state index < -0.39 is 5.79 Å². The fourth-order valence-electron chi connectivity index (χ4n) is 3.88. The number of nitrogens with zero attached hydrogens (tertiary/aromatic N) is 2. The largest absolute Gasteiger partial charge is 0.491 e. The van der Waals surface area contributed by atoms with Crippen LogP contribution in [-0.2, 0) is 27.9 Å². The number of halogens is 1. The van der Waals surface area contributed by atoms with Gasteiger partial charge in [-0.2, -0.15) is 0 Å². The van der Waals surface area contributed by atoms with Crippen molar-refractivity contribution in [3.05, 3.63) is 83.4 Å². The molecule has 0 N–H and O–H groups in total. The van der Waals surface area contributed by atoms with Crippen LogP contribution in [0.3, 0.4) is 0 Å². The summed E-state index contributed by atoms with van der Waals surface area (Å²) in [7, 11) is 0. The van der Waals surface area contributed by atoms with E-state index in [9.17, 15) is 0 Å². The summed E-state index contributed by atoms with van der Waals surface area (Å²) in [5.74, 6) is 0.125. The van der Waals surface area contributed by atoms with E-state index in [1.165, 1.54) is 11.1 Å². The SMILES string of the molecule is CC(C)(C)c1ccc(OCC2COC(CCc3ccc(Cl)cc3)(Cn3ccnc3)O2)cc1. The summed E-state index contributed by atoms with van der Waals surface area (Å²) in [4.78, 5) is 4.16. The highest BCUT2D eigenvalue weighted by Crippen LogP contribution is 2.32. The molecule has 2 atom stereocenters. The van der Waals surface area contributed by atoms with Crippen molar-refractivity contribution in [1.82, 2.24) is 9.55 Å². The summed E-state index contributed by atoms with van der Waals surface area (Å²) in [6.45, 7) is 8.14. The van der Waals surface area contributed by atoms with Crippen LogP contribution in [0.4, 0.5) is 0 Å². The van der Waals surface area contributed by atoms with Crippen molar-refractivity contribution in [2.75, 3.05) is 13.2 Å². The predicted octanol–water partition coefficient (Wildman–Crippen LogP) is 5.66. The Hall–Kier alpha value is -2.34. The van der Waals surface area contributed by atoms with E-state index in [2.05, 4.69) is 37.9 Å². The minimum absolute atomic E-state index is 0.123. The molecule has 2 aromatic carbocycles. The molecule has 6 heteroatoms. The fraction of sp³-hybridized carbons (Fsp3) is 0.423. The molecule has 2 unspecified atom stereocenters. The van der Waals surface area contributed by atoms with Crippen molar-refractivity contribution >= 4 is 11.6 Å². The number of aromatic nitrogens is 2. The van der Waals surface area contributed by atoms with Gasteiger partial charge in [0.1, 0.15) is 18.5 Å². The first kappa shape index (κ1) is 22.8. The maximum atomic E-state index is 6.45. The maximum absolute atomic E-state index is 6.45. The summed E-state index contributed by atoms with van der Waals surface area (Å²) >= 11 is 6.02.